The number of nitrogens with two attached hydrogens (primary N) is 2. The summed E-state index contributed by atoms with van der Waals surface area (Å²) in [5.41, 5.74) is 10.5. The molecule has 0 saturated heterocycles. The highest BCUT2D eigenvalue weighted by atomic mass is 32.2. The first-order chi connectivity index (χ1) is 9.54. The summed E-state index contributed by atoms with van der Waals surface area (Å²) in [6.45, 7) is 3.51. The highest BCUT2D eigenvalue weighted by molar-refractivity contribution is 7.99. The van der Waals surface area contributed by atoms with Gasteiger partial charge in [0.25, 0.3) is 0 Å². The van der Waals surface area contributed by atoms with Crippen LogP contribution in [0.3, 0.4) is 0 Å². The number of aliphatic imine (C=N–C) groups is 1. The molecule has 116 valence electrons. The Labute approximate surface area is 126 Å². The normalized spacial score (nSPS) is 23.9. The third kappa shape index (κ3) is 6.03. The SMILES string of the molecule is CSC(C)C1CCC(C(=O)NCCCN=C(N)N)CC1. The van der Waals surface area contributed by atoms with Gasteiger partial charge in [0.1, 0.15) is 0 Å². The molecule has 1 aliphatic rings. The Bertz CT molecular complexity index is 323. The van der Waals surface area contributed by atoms with Crippen molar-refractivity contribution in [1.29, 1.82) is 0 Å². The zero-order valence-corrected chi connectivity index (χ0v) is 13.4. The van der Waals surface area contributed by atoms with E-state index in [2.05, 4.69) is 23.5 Å². The largest absolute Gasteiger partial charge is 0.370 e. The van der Waals surface area contributed by atoms with E-state index in [1.165, 1.54) is 12.8 Å². The molecule has 5 N–H and O–H groups in total. The van der Waals surface area contributed by atoms with Gasteiger partial charge in [0, 0.05) is 24.3 Å². The van der Waals surface area contributed by atoms with Crippen molar-refractivity contribution in [3.05, 3.63) is 0 Å². The van der Waals surface area contributed by atoms with E-state index >= 15 is 0 Å². The molecule has 0 radical (unpaired) electrons. The van der Waals surface area contributed by atoms with Crippen LogP contribution in [0, 0.1) is 11.8 Å². The Kier molecular flexibility index (Phi) is 7.80. The van der Waals surface area contributed by atoms with Crippen LogP contribution in [0.5, 0.6) is 0 Å². The predicted molar refractivity (Wildman–Crippen MR) is 86.7 cm³/mol. The van der Waals surface area contributed by atoms with Crippen molar-refractivity contribution in [3.8, 4) is 0 Å². The minimum absolute atomic E-state index is 0.109. The molecular weight excluding hydrogens is 272 g/mol. The van der Waals surface area contributed by atoms with E-state index in [0.717, 1.165) is 25.2 Å². The first kappa shape index (κ1) is 17.1. The van der Waals surface area contributed by atoms with Gasteiger partial charge in [0.15, 0.2) is 5.96 Å². The van der Waals surface area contributed by atoms with E-state index in [9.17, 15) is 4.79 Å². The maximum Gasteiger partial charge on any atom is 0.223 e. The topological polar surface area (TPSA) is 93.5 Å². The van der Waals surface area contributed by atoms with Gasteiger partial charge in [-0.1, -0.05) is 6.92 Å². The molecule has 1 unspecified atom stereocenters. The van der Waals surface area contributed by atoms with Crippen molar-refractivity contribution in [2.75, 3.05) is 19.3 Å². The molecule has 20 heavy (non-hydrogen) atoms. The molecule has 0 aromatic rings. The third-order valence-electron chi connectivity index (χ3n) is 4.11. The highest BCUT2D eigenvalue weighted by Crippen LogP contribution is 2.34. The van der Waals surface area contributed by atoms with Crippen LogP contribution in [-0.4, -0.2) is 36.5 Å². The van der Waals surface area contributed by atoms with E-state index in [1.54, 1.807) is 0 Å². The second kappa shape index (κ2) is 9.10. The lowest BCUT2D eigenvalue weighted by atomic mass is 9.80. The molecular formula is C14H28N4OS. The molecule has 1 amide bonds. The minimum atomic E-state index is 0.109. The number of carbonyl (C=O) groups is 1. The fraction of sp³-hybridized carbons (Fsp3) is 0.857. The van der Waals surface area contributed by atoms with Gasteiger partial charge in [-0.15, -0.1) is 0 Å². The monoisotopic (exact) mass is 300 g/mol. The van der Waals surface area contributed by atoms with Crippen LogP contribution in [0.1, 0.15) is 39.0 Å². The van der Waals surface area contributed by atoms with Crippen molar-refractivity contribution in [2.45, 2.75) is 44.3 Å². The molecule has 0 aromatic heterocycles. The van der Waals surface area contributed by atoms with Crippen molar-refractivity contribution in [1.82, 2.24) is 5.32 Å². The van der Waals surface area contributed by atoms with E-state index in [4.69, 9.17) is 11.5 Å². The molecule has 1 fully saturated rings. The number of nitrogens with one attached hydrogen (secondary N) is 1. The molecule has 5 nitrogen and oxygen atoms in total. The summed E-state index contributed by atoms with van der Waals surface area (Å²) in [6.07, 6.45) is 7.34. The van der Waals surface area contributed by atoms with E-state index in [-0.39, 0.29) is 17.8 Å². The number of guanidine groups is 1. The molecule has 0 spiro atoms. The van der Waals surface area contributed by atoms with Gasteiger partial charge in [-0.25, -0.2) is 0 Å². The lowest BCUT2D eigenvalue weighted by Crippen LogP contribution is -2.35. The number of carbonyl (C=O) groups excluding carboxylic acids is 1. The summed E-state index contributed by atoms with van der Waals surface area (Å²) in [7, 11) is 0. The Morgan fingerprint density at radius 1 is 1.35 bits per heavy atom. The summed E-state index contributed by atoms with van der Waals surface area (Å²) >= 11 is 1.93. The van der Waals surface area contributed by atoms with Crippen molar-refractivity contribution < 1.29 is 4.79 Å². The van der Waals surface area contributed by atoms with Gasteiger partial charge in [-0.3, -0.25) is 9.79 Å². The smallest absolute Gasteiger partial charge is 0.223 e. The Balaban J connectivity index is 2.18. The van der Waals surface area contributed by atoms with Crippen LogP contribution in [0.4, 0.5) is 0 Å². The highest BCUT2D eigenvalue weighted by Gasteiger charge is 2.28. The van der Waals surface area contributed by atoms with Gasteiger partial charge in [-0.2, -0.15) is 11.8 Å². The van der Waals surface area contributed by atoms with Gasteiger partial charge in [0.2, 0.25) is 5.91 Å². The molecule has 6 heteroatoms. The average molecular weight is 300 g/mol. The zero-order chi connectivity index (χ0) is 15.0. The summed E-state index contributed by atoms with van der Waals surface area (Å²) in [6, 6.07) is 0. The number of nitrogens with zero attached hydrogens (tertiary/aromatic N) is 1. The Hall–Kier alpha value is -0.910. The third-order valence-corrected chi connectivity index (χ3v) is 5.24. The minimum Gasteiger partial charge on any atom is -0.370 e. The summed E-state index contributed by atoms with van der Waals surface area (Å²) < 4.78 is 0. The molecule has 0 aliphatic heterocycles. The Morgan fingerprint density at radius 2 is 2.00 bits per heavy atom. The van der Waals surface area contributed by atoms with Gasteiger partial charge in [0.05, 0.1) is 0 Å². The van der Waals surface area contributed by atoms with Gasteiger partial charge < -0.3 is 16.8 Å². The first-order valence-corrected chi connectivity index (χ1v) is 8.69. The summed E-state index contributed by atoms with van der Waals surface area (Å²) in [5.74, 6) is 1.28. The van der Waals surface area contributed by atoms with Crippen LogP contribution in [0.2, 0.25) is 0 Å². The van der Waals surface area contributed by atoms with Gasteiger partial charge >= 0.3 is 0 Å². The molecule has 0 heterocycles. The average Bonchev–Trinajstić information content (AvgIpc) is 2.45. The molecule has 0 aromatic carbocycles. The number of rotatable bonds is 7. The van der Waals surface area contributed by atoms with E-state index in [1.807, 2.05) is 11.8 Å². The second-order valence-electron chi connectivity index (χ2n) is 5.50. The predicted octanol–water partition coefficient (Wildman–Crippen LogP) is 1.32. The quantitative estimate of drug-likeness (QED) is 0.375. The van der Waals surface area contributed by atoms with E-state index < -0.39 is 0 Å². The number of amides is 1. The fourth-order valence-corrected chi connectivity index (χ4v) is 3.34. The van der Waals surface area contributed by atoms with Crippen molar-refractivity contribution in [2.24, 2.45) is 28.3 Å². The van der Waals surface area contributed by atoms with Crippen LogP contribution in [0.25, 0.3) is 0 Å². The van der Waals surface area contributed by atoms with Crippen LogP contribution < -0.4 is 16.8 Å². The van der Waals surface area contributed by atoms with Crippen LogP contribution in [0.15, 0.2) is 4.99 Å². The standard InChI is InChI=1S/C14H28N4OS/c1-10(20-2)11-4-6-12(7-5-11)13(19)17-8-3-9-18-14(15)16/h10-12H,3-9H2,1-2H3,(H,17,19)(H4,15,16,18). The fourth-order valence-electron chi connectivity index (χ4n) is 2.69. The molecule has 1 atom stereocenters. The van der Waals surface area contributed by atoms with Crippen LogP contribution in [-0.2, 0) is 4.79 Å². The molecule has 0 bridgehead atoms. The first-order valence-electron chi connectivity index (χ1n) is 7.40. The van der Waals surface area contributed by atoms with Crippen molar-refractivity contribution in [3.63, 3.8) is 0 Å². The molecule has 1 rings (SSSR count). The maximum absolute atomic E-state index is 12.0. The Morgan fingerprint density at radius 3 is 2.55 bits per heavy atom. The molecule has 1 aliphatic carbocycles. The molecule has 1 saturated carbocycles. The zero-order valence-electron chi connectivity index (χ0n) is 12.6. The van der Waals surface area contributed by atoms with Crippen LogP contribution >= 0.6 is 11.8 Å². The maximum atomic E-state index is 12.0. The van der Waals surface area contributed by atoms with Gasteiger partial charge in [-0.05, 0) is 44.3 Å². The number of hydrogen-bond acceptors (Lipinski definition) is 3. The lowest BCUT2D eigenvalue weighted by Gasteiger charge is -2.30. The number of hydrogen-bond donors (Lipinski definition) is 3. The second-order valence-corrected chi connectivity index (χ2v) is 6.72. The van der Waals surface area contributed by atoms with Crippen molar-refractivity contribution >= 4 is 23.6 Å². The summed E-state index contributed by atoms with van der Waals surface area (Å²) in [5, 5.41) is 3.70. The van der Waals surface area contributed by atoms with E-state index in [0.29, 0.717) is 18.3 Å². The summed E-state index contributed by atoms with van der Waals surface area (Å²) in [4.78, 5) is 15.9. The number of thioether (sulfide) groups is 1. The lowest BCUT2D eigenvalue weighted by molar-refractivity contribution is -0.126.